The quantitative estimate of drug-likeness (QED) is 0.0226. The molecule has 9 amide bonds. The molecule has 0 aliphatic carbocycles. The first-order valence-electron chi connectivity index (χ1n) is 24.8. The van der Waals surface area contributed by atoms with E-state index in [1.54, 1.807) is 56.6 Å². The van der Waals surface area contributed by atoms with E-state index in [4.69, 9.17) is 17.2 Å². The van der Waals surface area contributed by atoms with Crippen LogP contribution in [0.1, 0.15) is 69.9 Å². The smallest absolute Gasteiger partial charge is 0.326 e. The number of aliphatic carboxylic acids is 2. The van der Waals surface area contributed by atoms with Gasteiger partial charge in [0.15, 0.2) is 0 Å². The molecule has 0 saturated carbocycles. The largest absolute Gasteiger partial charge is 0.481 e. The van der Waals surface area contributed by atoms with Gasteiger partial charge >= 0.3 is 11.9 Å². The number of carboxylic acid groups (broad SMARTS) is 2. The summed E-state index contributed by atoms with van der Waals surface area (Å²) >= 11 is 5.43. The molecule has 3 aromatic rings. The number of hydrogen-bond acceptors (Lipinski definition) is 15. The van der Waals surface area contributed by atoms with E-state index >= 15 is 0 Å². The van der Waals surface area contributed by atoms with Crippen molar-refractivity contribution in [1.82, 2.24) is 47.5 Å². The zero-order chi connectivity index (χ0) is 57.2. The van der Waals surface area contributed by atoms with Crippen LogP contribution >= 0.6 is 24.4 Å². The van der Waals surface area contributed by atoms with Crippen LogP contribution in [-0.2, 0) is 65.6 Å². The standard InChI is InChI=1S/C50H72N12O13S2/c1-27(2)42(62-43(67)31(52)22-29-24-54-32-14-8-7-13-30(29)32)49(73)60-36(21-28-11-5-4-6-12-28)44(68)55-25-40(64)56-37(23-39(53)63)47(71)57-33(16-17-41(65)66)45(69)58-34(18-20-77-3)46(70)61-38(26-76)48(72)59-35(50(74)75)15-9-10-19-51/h4-8,11-14,24,27,31,33-38,42,54,76H,9-10,15-23,25-26,51-52H2,1-3H3,(H2,53,63)(H,55,68)(H,56,64)(H,57,71)(H,58,69)(H,59,72)(H,60,73)(H,61,70)(H,62,67)(H,65,66)(H,74,75)/t31-,33-,34-,35-,36-,37-,38-,42-/m0/s1. The molecule has 0 bridgehead atoms. The minimum Gasteiger partial charge on any atom is -0.481 e. The molecular weight excluding hydrogens is 1040 g/mol. The Morgan fingerprint density at radius 2 is 1.23 bits per heavy atom. The first kappa shape index (κ1) is 64.1. The molecule has 25 nitrogen and oxygen atoms in total. The maximum absolute atomic E-state index is 13.9. The van der Waals surface area contributed by atoms with Crippen molar-refractivity contribution < 1.29 is 63.0 Å². The molecule has 3 rings (SSSR count). The number of hydrogen-bond donors (Lipinski definition) is 15. The van der Waals surface area contributed by atoms with E-state index in [9.17, 15) is 63.0 Å². The van der Waals surface area contributed by atoms with Gasteiger partial charge in [-0.05, 0) is 80.2 Å². The molecule has 17 N–H and O–H groups in total. The summed E-state index contributed by atoms with van der Waals surface area (Å²) < 4.78 is 0. The number of rotatable bonds is 35. The van der Waals surface area contributed by atoms with E-state index in [1.165, 1.54) is 11.8 Å². The molecule has 0 aliphatic rings. The number of benzene rings is 2. The molecular formula is C50H72N12O13S2. The van der Waals surface area contributed by atoms with Crippen molar-refractivity contribution in [2.24, 2.45) is 23.1 Å². The number of unbranched alkanes of at least 4 members (excludes halogenated alkanes) is 1. The summed E-state index contributed by atoms with van der Waals surface area (Å²) in [7, 11) is 0. The number of H-pyrrole nitrogens is 1. The number of fused-ring (bicyclic) bond motifs is 1. The number of thioether (sulfide) groups is 1. The maximum Gasteiger partial charge on any atom is 0.326 e. The number of aromatic nitrogens is 1. The molecule has 1 heterocycles. The number of thiol groups is 1. The zero-order valence-electron chi connectivity index (χ0n) is 43.1. The van der Waals surface area contributed by atoms with Gasteiger partial charge in [-0.2, -0.15) is 24.4 Å². The fourth-order valence-corrected chi connectivity index (χ4v) is 8.50. The van der Waals surface area contributed by atoms with Crippen molar-refractivity contribution in [3.05, 3.63) is 71.9 Å². The first-order chi connectivity index (χ1) is 36.6. The topological polar surface area (TPSA) is 418 Å². The average molecular weight is 1110 g/mol. The van der Waals surface area contributed by atoms with Crippen LogP contribution in [0.15, 0.2) is 60.8 Å². The molecule has 1 aromatic heterocycles. The lowest BCUT2D eigenvalue weighted by Gasteiger charge is -2.27. The molecule has 0 aliphatic heterocycles. The Morgan fingerprint density at radius 1 is 0.649 bits per heavy atom. The highest BCUT2D eigenvalue weighted by Gasteiger charge is 2.34. The zero-order valence-corrected chi connectivity index (χ0v) is 44.8. The predicted molar refractivity (Wildman–Crippen MR) is 290 cm³/mol. The molecule has 0 saturated heterocycles. The molecule has 0 spiro atoms. The van der Waals surface area contributed by atoms with E-state index in [2.05, 4.69) is 60.1 Å². The van der Waals surface area contributed by atoms with Gasteiger partial charge in [-0.25, -0.2) is 4.79 Å². The first-order valence-corrected chi connectivity index (χ1v) is 26.9. The number of primary amides is 1. The number of nitrogens with one attached hydrogen (secondary N) is 9. The highest BCUT2D eigenvalue weighted by molar-refractivity contribution is 7.98. The Labute approximate surface area is 455 Å². The predicted octanol–water partition coefficient (Wildman–Crippen LogP) is -1.92. The van der Waals surface area contributed by atoms with Crippen LogP contribution in [0, 0.1) is 5.92 Å². The normalized spacial score (nSPS) is 14.2. The maximum atomic E-state index is 13.9. The van der Waals surface area contributed by atoms with E-state index < -0.39 is 145 Å². The van der Waals surface area contributed by atoms with Crippen molar-refractivity contribution in [1.29, 1.82) is 0 Å². The van der Waals surface area contributed by atoms with E-state index in [0.29, 0.717) is 24.9 Å². The van der Waals surface area contributed by atoms with Gasteiger partial charge in [-0.1, -0.05) is 62.4 Å². The summed E-state index contributed by atoms with van der Waals surface area (Å²) in [6, 6.07) is 5.02. The SMILES string of the molecule is CSCC[C@H](NC(=O)[C@H](CCC(=O)O)NC(=O)[C@H](CC(N)=O)NC(=O)CNC(=O)[C@H](Cc1ccccc1)NC(=O)[C@@H](NC(=O)[C@@H](N)Cc1c[nH]c2ccccc12)C(C)C)C(=O)N[C@@H](CS)C(=O)N[C@@H](CCCCN)C(=O)O. The third-order valence-corrected chi connectivity index (χ3v) is 13.0. The van der Waals surface area contributed by atoms with Crippen LogP contribution in [0.4, 0.5) is 0 Å². The average Bonchev–Trinajstić information content (AvgIpc) is 3.79. The molecule has 0 fully saturated rings. The summed E-state index contributed by atoms with van der Waals surface area (Å²) in [5, 5.41) is 39.6. The highest BCUT2D eigenvalue weighted by atomic mass is 32.2. The summed E-state index contributed by atoms with van der Waals surface area (Å²) in [6.07, 6.45) is 2.43. The van der Waals surface area contributed by atoms with E-state index in [0.717, 1.165) is 16.5 Å². The number of carbonyl (C=O) groups is 11. The lowest BCUT2D eigenvalue weighted by atomic mass is 9.99. The number of carboxylic acids is 2. The van der Waals surface area contributed by atoms with Gasteiger partial charge in [0.05, 0.1) is 19.0 Å². The van der Waals surface area contributed by atoms with Gasteiger partial charge in [0.2, 0.25) is 53.2 Å². The van der Waals surface area contributed by atoms with Crippen LogP contribution in [0.25, 0.3) is 10.9 Å². The molecule has 422 valence electrons. The van der Waals surface area contributed by atoms with Crippen LogP contribution in [0.2, 0.25) is 0 Å². The molecule has 27 heteroatoms. The summed E-state index contributed by atoms with van der Waals surface area (Å²) in [6.45, 7) is 2.87. The third-order valence-electron chi connectivity index (χ3n) is 12.0. The summed E-state index contributed by atoms with van der Waals surface area (Å²) in [5.74, 6) is -11.5. The Kier molecular flexibility index (Phi) is 27.5. The van der Waals surface area contributed by atoms with Crippen molar-refractivity contribution in [2.75, 3.05) is 30.9 Å². The second-order valence-corrected chi connectivity index (χ2v) is 19.8. The van der Waals surface area contributed by atoms with Crippen molar-refractivity contribution in [3.8, 4) is 0 Å². The molecule has 0 unspecified atom stereocenters. The lowest BCUT2D eigenvalue weighted by Crippen LogP contribution is -2.60. The number of aromatic amines is 1. The van der Waals surface area contributed by atoms with Gasteiger partial charge < -0.3 is 74.9 Å². The van der Waals surface area contributed by atoms with Gasteiger partial charge in [-0.15, -0.1) is 0 Å². The van der Waals surface area contributed by atoms with Crippen LogP contribution < -0.4 is 59.7 Å². The monoisotopic (exact) mass is 1110 g/mol. The number of para-hydroxylation sites is 1. The van der Waals surface area contributed by atoms with Crippen LogP contribution in [0.5, 0.6) is 0 Å². The Bertz CT molecular complexity index is 2520. The minimum atomic E-state index is -1.79. The molecule has 0 radical (unpaired) electrons. The second kappa shape index (κ2) is 33.0. The third kappa shape index (κ3) is 22.1. The number of nitrogens with two attached hydrogens (primary N) is 3. The van der Waals surface area contributed by atoms with Crippen LogP contribution in [0.3, 0.4) is 0 Å². The molecule has 2 aromatic carbocycles. The number of amides is 9. The van der Waals surface area contributed by atoms with Gasteiger partial charge in [-0.3, -0.25) is 47.9 Å². The Morgan fingerprint density at radius 3 is 1.83 bits per heavy atom. The van der Waals surface area contributed by atoms with Gasteiger partial charge in [0.1, 0.15) is 42.3 Å². The van der Waals surface area contributed by atoms with E-state index in [-0.39, 0.29) is 37.2 Å². The van der Waals surface area contributed by atoms with Crippen molar-refractivity contribution >= 4 is 100 Å². The summed E-state index contributed by atoms with van der Waals surface area (Å²) in [5.41, 5.74) is 19.5. The minimum absolute atomic E-state index is 0.0330. The lowest BCUT2D eigenvalue weighted by molar-refractivity contribution is -0.142. The molecule has 77 heavy (non-hydrogen) atoms. The second-order valence-electron chi connectivity index (χ2n) is 18.4. The van der Waals surface area contributed by atoms with Gasteiger partial charge in [0, 0.05) is 35.7 Å². The summed E-state index contributed by atoms with van der Waals surface area (Å²) in [4.78, 5) is 148. The Balaban J connectivity index is 1.74. The Hall–Kier alpha value is -7.23. The van der Waals surface area contributed by atoms with Gasteiger partial charge in [0.25, 0.3) is 0 Å². The van der Waals surface area contributed by atoms with E-state index in [1.807, 2.05) is 24.3 Å². The van der Waals surface area contributed by atoms with Crippen LogP contribution in [-0.4, -0.2) is 159 Å². The van der Waals surface area contributed by atoms with Crippen molar-refractivity contribution in [2.45, 2.75) is 120 Å². The number of carbonyl (C=O) groups excluding carboxylic acids is 9. The fourth-order valence-electron chi connectivity index (χ4n) is 7.77. The fraction of sp³-hybridized carbons (Fsp3) is 0.500. The van der Waals surface area contributed by atoms with Crippen molar-refractivity contribution in [3.63, 3.8) is 0 Å². The molecule has 8 atom stereocenters. The highest BCUT2D eigenvalue weighted by Crippen LogP contribution is 2.19.